The Hall–Kier alpha value is -3.50. The lowest BCUT2D eigenvalue weighted by Crippen LogP contribution is -2.24. The van der Waals surface area contributed by atoms with Crippen molar-refractivity contribution in [1.29, 1.82) is 0 Å². The molecule has 0 aliphatic heterocycles. The van der Waals surface area contributed by atoms with Crippen LogP contribution in [0.3, 0.4) is 0 Å². The number of halogens is 3. The van der Waals surface area contributed by atoms with E-state index in [0.717, 1.165) is 0 Å². The molecule has 0 fully saturated rings. The molecule has 3 aromatic rings. The molecule has 2 aromatic heterocycles. The minimum absolute atomic E-state index is 0.0888. The van der Waals surface area contributed by atoms with Gasteiger partial charge in [-0.3, -0.25) is 4.79 Å². The van der Waals surface area contributed by atoms with E-state index >= 15 is 0 Å². The third-order valence-corrected chi connectivity index (χ3v) is 3.15. The number of ether oxygens (including phenoxy) is 1. The van der Waals surface area contributed by atoms with Crippen molar-refractivity contribution in [3.63, 3.8) is 0 Å². The van der Waals surface area contributed by atoms with Gasteiger partial charge in [0.15, 0.2) is 11.5 Å². The summed E-state index contributed by atoms with van der Waals surface area (Å²) in [4.78, 5) is 15.8. The normalized spacial score (nSPS) is 11.2. The minimum atomic E-state index is -4.74. The zero-order valence-corrected chi connectivity index (χ0v) is 13.0. The SMILES string of the molecule is O=C(NCc1ccc(OC(F)(F)F)cc1)c1ccc(-n2cncn2)nn1. The summed E-state index contributed by atoms with van der Waals surface area (Å²) in [5.74, 6) is -0.403. The lowest BCUT2D eigenvalue weighted by molar-refractivity contribution is -0.274. The van der Waals surface area contributed by atoms with E-state index in [1.807, 2.05) is 0 Å². The molecule has 134 valence electrons. The lowest BCUT2D eigenvalue weighted by Gasteiger charge is -2.09. The summed E-state index contributed by atoms with van der Waals surface area (Å²) in [6.45, 7) is 0.109. The van der Waals surface area contributed by atoms with Gasteiger partial charge in [-0.2, -0.15) is 5.10 Å². The number of amides is 1. The molecule has 11 heteroatoms. The van der Waals surface area contributed by atoms with Gasteiger partial charge in [0.2, 0.25) is 0 Å². The number of carbonyl (C=O) groups is 1. The molecule has 0 bridgehead atoms. The molecule has 0 saturated heterocycles. The Labute approximate surface area is 144 Å². The van der Waals surface area contributed by atoms with Crippen molar-refractivity contribution < 1.29 is 22.7 Å². The van der Waals surface area contributed by atoms with Gasteiger partial charge in [0.05, 0.1) is 0 Å². The van der Waals surface area contributed by atoms with Gasteiger partial charge in [-0.1, -0.05) is 12.1 Å². The number of rotatable bonds is 5. The second-order valence-electron chi connectivity index (χ2n) is 4.99. The molecule has 0 saturated carbocycles. The average molecular weight is 364 g/mol. The zero-order chi connectivity index (χ0) is 18.6. The van der Waals surface area contributed by atoms with Crippen LogP contribution in [0.5, 0.6) is 5.75 Å². The van der Waals surface area contributed by atoms with E-state index in [4.69, 9.17) is 0 Å². The van der Waals surface area contributed by atoms with Gasteiger partial charge in [-0.05, 0) is 29.8 Å². The zero-order valence-electron chi connectivity index (χ0n) is 13.0. The van der Waals surface area contributed by atoms with Crippen LogP contribution < -0.4 is 10.1 Å². The predicted molar refractivity (Wildman–Crippen MR) is 81.2 cm³/mol. The summed E-state index contributed by atoms with van der Waals surface area (Å²) in [6, 6.07) is 8.20. The van der Waals surface area contributed by atoms with Crippen LogP contribution in [0.4, 0.5) is 13.2 Å². The maximum Gasteiger partial charge on any atom is 0.573 e. The molecule has 1 N–H and O–H groups in total. The third-order valence-electron chi connectivity index (χ3n) is 3.15. The molecule has 2 heterocycles. The Balaban J connectivity index is 1.57. The highest BCUT2D eigenvalue weighted by molar-refractivity contribution is 5.92. The van der Waals surface area contributed by atoms with Crippen LogP contribution >= 0.6 is 0 Å². The number of nitrogens with one attached hydrogen (secondary N) is 1. The first-order valence-electron chi connectivity index (χ1n) is 7.22. The van der Waals surface area contributed by atoms with E-state index in [1.54, 1.807) is 6.07 Å². The summed E-state index contributed by atoms with van der Waals surface area (Å²) < 4.78 is 41.5. The Morgan fingerprint density at radius 1 is 1.12 bits per heavy atom. The molecule has 0 spiro atoms. The third kappa shape index (κ3) is 4.53. The van der Waals surface area contributed by atoms with Gasteiger partial charge in [0, 0.05) is 6.54 Å². The average Bonchev–Trinajstić information content (AvgIpc) is 3.14. The van der Waals surface area contributed by atoms with Gasteiger partial charge in [-0.15, -0.1) is 23.4 Å². The molecule has 0 radical (unpaired) electrons. The number of alkyl halides is 3. The number of aromatic nitrogens is 5. The fourth-order valence-corrected chi connectivity index (χ4v) is 1.98. The van der Waals surface area contributed by atoms with Crippen LogP contribution in [-0.4, -0.2) is 37.2 Å². The second-order valence-corrected chi connectivity index (χ2v) is 4.99. The van der Waals surface area contributed by atoms with Crippen LogP contribution in [0.2, 0.25) is 0 Å². The monoisotopic (exact) mass is 364 g/mol. The molecule has 0 atom stereocenters. The largest absolute Gasteiger partial charge is 0.573 e. The van der Waals surface area contributed by atoms with E-state index in [1.165, 1.54) is 47.7 Å². The Morgan fingerprint density at radius 2 is 1.88 bits per heavy atom. The highest BCUT2D eigenvalue weighted by Crippen LogP contribution is 2.22. The fourth-order valence-electron chi connectivity index (χ4n) is 1.98. The topological polar surface area (TPSA) is 94.8 Å². The van der Waals surface area contributed by atoms with Crippen LogP contribution in [0.1, 0.15) is 16.1 Å². The maximum absolute atomic E-state index is 12.1. The molecule has 1 aromatic carbocycles. The molecule has 8 nitrogen and oxygen atoms in total. The Kier molecular flexibility index (Phi) is 4.78. The first-order chi connectivity index (χ1) is 12.4. The molecule has 3 rings (SSSR count). The van der Waals surface area contributed by atoms with Crippen LogP contribution in [-0.2, 0) is 6.54 Å². The molecule has 26 heavy (non-hydrogen) atoms. The summed E-state index contributed by atoms with van der Waals surface area (Å²) in [7, 11) is 0. The predicted octanol–water partition coefficient (Wildman–Crippen LogP) is 1.89. The first kappa shape index (κ1) is 17.3. The van der Waals surface area contributed by atoms with Crippen molar-refractivity contribution in [1.82, 2.24) is 30.3 Å². The van der Waals surface area contributed by atoms with E-state index < -0.39 is 12.3 Å². The van der Waals surface area contributed by atoms with Crippen molar-refractivity contribution in [2.75, 3.05) is 0 Å². The van der Waals surface area contributed by atoms with Gasteiger partial charge in [-0.25, -0.2) is 9.67 Å². The first-order valence-corrected chi connectivity index (χ1v) is 7.22. The molecule has 0 aliphatic carbocycles. The summed E-state index contributed by atoms with van der Waals surface area (Å²) in [6.07, 6.45) is -1.96. The molecule has 0 aliphatic rings. The van der Waals surface area contributed by atoms with Gasteiger partial charge < -0.3 is 10.1 Å². The van der Waals surface area contributed by atoms with Crippen molar-refractivity contribution in [3.05, 3.63) is 60.3 Å². The highest BCUT2D eigenvalue weighted by atomic mass is 19.4. The van der Waals surface area contributed by atoms with E-state index in [2.05, 4.69) is 30.3 Å². The van der Waals surface area contributed by atoms with Crippen molar-refractivity contribution >= 4 is 5.91 Å². The number of hydrogen-bond donors (Lipinski definition) is 1. The lowest BCUT2D eigenvalue weighted by atomic mass is 10.2. The van der Waals surface area contributed by atoms with Crippen LogP contribution in [0.15, 0.2) is 49.1 Å². The van der Waals surface area contributed by atoms with Gasteiger partial charge in [0.25, 0.3) is 5.91 Å². The van der Waals surface area contributed by atoms with Crippen molar-refractivity contribution in [2.24, 2.45) is 0 Å². The minimum Gasteiger partial charge on any atom is -0.406 e. The van der Waals surface area contributed by atoms with Gasteiger partial charge in [0.1, 0.15) is 18.4 Å². The number of nitrogens with zero attached hydrogens (tertiary/aromatic N) is 5. The van der Waals surface area contributed by atoms with Crippen molar-refractivity contribution in [3.8, 4) is 11.6 Å². The fraction of sp³-hybridized carbons (Fsp3) is 0.133. The smallest absolute Gasteiger partial charge is 0.406 e. The van der Waals surface area contributed by atoms with Crippen LogP contribution in [0.25, 0.3) is 5.82 Å². The molecular formula is C15H11F3N6O2. The van der Waals surface area contributed by atoms with E-state index in [-0.39, 0.29) is 18.0 Å². The summed E-state index contributed by atoms with van der Waals surface area (Å²) in [5, 5.41) is 14.2. The van der Waals surface area contributed by atoms with Crippen molar-refractivity contribution in [2.45, 2.75) is 12.9 Å². The van der Waals surface area contributed by atoms with Gasteiger partial charge >= 0.3 is 6.36 Å². The van der Waals surface area contributed by atoms with E-state index in [9.17, 15) is 18.0 Å². The van der Waals surface area contributed by atoms with E-state index in [0.29, 0.717) is 11.4 Å². The number of benzene rings is 1. The standard InChI is InChI=1S/C15H11F3N6O2/c16-15(17,18)26-11-3-1-10(2-4-11)7-20-14(25)12-5-6-13(23-22-12)24-9-19-8-21-24/h1-6,8-9H,7H2,(H,20,25). The highest BCUT2D eigenvalue weighted by Gasteiger charge is 2.30. The summed E-state index contributed by atoms with van der Waals surface area (Å²) >= 11 is 0. The number of hydrogen-bond acceptors (Lipinski definition) is 6. The Morgan fingerprint density at radius 3 is 2.46 bits per heavy atom. The quantitative estimate of drug-likeness (QED) is 0.743. The van der Waals surface area contributed by atoms with Crippen LogP contribution in [0, 0.1) is 0 Å². The maximum atomic E-state index is 12.1. The summed E-state index contributed by atoms with van der Waals surface area (Å²) in [5.41, 5.74) is 0.686. The second kappa shape index (κ2) is 7.17. The molecule has 1 amide bonds. The molecular weight excluding hydrogens is 353 g/mol. The molecule has 0 unspecified atom stereocenters. The Bertz CT molecular complexity index is 864. The number of carbonyl (C=O) groups excluding carboxylic acids is 1.